The molecule has 0 bridgehead atoms. The zero-order chi connectivity index (χ0) is 12.4. The van der Waals surface area contributed by atoms with Gasteiger partial charge in [-0.15, -0.1) is 0 Å². The molecule has 3 nitrogen and oxygen atoms in total. The molecular formula is C12H16FN3S. The van der Waals surface area contributed by atoms with Crippen LogP contribution in [0.15, 0.2) is 18.2 Å². The maximum absolute atomic E-state index is 13.1. The minimum absolute atomic E-state index is 0.260. The Labute approximate surface area is 104 Å². The molecule has 1 aromatic carbocycles. The highest BCUT2D eigenvalue weighted by atomic mass is 32.2. The molecular weight excluding hydrogens is 237 g/mol. The number of nitrogen functional groups attached to an aromatic ring is 1. The van der Waals surface area contributed by atoms with E-state index in [2.05, 4.69) is 18.8 Å². The lowest BCUT2D eigenvalue weighted by atomic mass is 10.3. The molecule has 92 valence electrons. The first-order valence-electron chi connectivity index (χ1n) is 5.64. The van der Waals surface area contributed by atoms with Crippen LogP contribution in [-0.4, -0.2) is 21.1 Å². The van der Waals surface area contributed by atoms with Crippen molar-refractivity contribution in [3.05, 3.63) is 24.0 Å². The number of imidazole rings is 1. The van der Waals surface area contributed by atoms with Crippen LogP contribution in [0.25, 0.3) is 11.0 Å². The summed E-state index contributed by atoms with van der Waals surface area (Å²) in [6.45, 7) is 4.23. The van der Waals surface area contributed by atoms with Crippen molar-refractivity contribution in [1.82, 2.24) is 9.55 Å². The Morgan fingerprint density at radius 1 is 1.53 bits per heavy atom. The molecule has 2 rings (SSSR count). The topological polar surface area (TPSA) is 43.8 Å². The number of hydrogen-bond donors (Lipinski definition) is 1. The second kappa shape index (κ2) is 4.96. The van der Waals surface area contributed by atoms with Crippen LogP contribution >= 0.6 is 11.8 Å². The van der Waals surface area contributed by atoms with Gasteiger partial charge in [0.15, 0.2) is 0 Å². The Kier molecular flexibility index (Phi) is 3.57. The minimum Gasteiger partial charge on any atom is -0.369 e. The van der Waals surface area contributed by atoms with Gasteiger partial charge in [0.1, 0.15) is 5.82 Å². The highest BCUT2D eigenvalue weighted by molar-refractivity contribution is 7.99. The van der Waals surface area contributed by atoms with Crippen molar-refractivity contribution in [3.63, 3.8) is 0 Å². The molecule has 0 saturated carbocycles. The Morgan fingerprint density at radius 2 is 2.29 bits per heavy atom. The van der Waals surface area contributed by atoms with E-state index in [1.54, 1.807) is 6.07 Å². The molecule has 0 spiro atoms. The molecule has 2 aromatic rings. The molecule has 1 atom stereocenters. The Bertz CT molecular complexity index is 524. The van der Waals surface area contributed by atoms with E-state index in [4.69, 9.17) is 5.73 Å². The summed E-state index contributed by atoms with van der Waals surface area (Å²) in [5.41, 5.74) is 7.41. The molecule has 0 aliphatic carbocycles. The van der Waals surface area contributed by atoms with Gasteiger partial charge in [-0.1, -0.05) is 6.92 Å². The average molecular weight is 253 g/mol. The van der Waals surface area contributed by atoms with Gasteiger partial charge in [-0.05, 0) is 24.8 Å². The van der Waals surface area contributed by atoms with Crippen LogP contribution in [-0.2, 0) is 0 Å². The van der Waals surface area contributed by atoms with Crippen molar-refractivity contribution in [3.8, 4) is 0 Å². The number of nitrogens with two attached hydrogens (primary N) is 1. The third kappa shape index (κ3) is 2.39. The first kappa shape index (κ1) is 12.2. The lowest BCUT2D eigenvalue weighted by Gasteiger charge is -2.15. The fourth-order valence-electron chi connectivity index (χ4n) is 1.92. The number of aromatic nitrogens is 2. The average Bonchev–Trinajstić information content (AvgIpc) is 2.61. The third-order valence-electron chi connectivity index (χ3n) is 2.68. The summed E-state index contributed by atoms with van der Waals surface area (Å²) < 4.78 is 15.1. The smallest absolute Gasteiger partial charge is 0.201 e. The van der Waals surface area contributed by atoms with E-state index in [0.29, 0.717) is 11.5 Å². The van der Waals surface area contributed by atoms with Gasteiger partial charge in [0, 0.05) is 17.9 Å². The van der Waals surface area contributed by atoms with Gasteiger partial charge in [-0.25, -0.2) is 9.37 Å². The molecule has 0 radical (unpaired) electrons. The number of hydrogen-bond acceptors (Lipinski definition) is 3. The van der Waals surface area contributed by atoms with Gasteiger partial charge >= 0.3 is 0 Å². The van der Waals surface area contributed by atoms with Gasteiger partial charge in [0.25, 0.3) is 0 Å². The lowest BCUT2D eigenvalue weighted by molar-refractivity contribution is 0.626. The normalized spacial score (nSPS) is 13.1. The summed E-state index contributed by atoms with van der Waals surface area (Å²) in [6.07, 6.45) is 0. The molecule has 0 aliphatic rings. The van der Waals surface area contributed by atoms with E-state index in [1.165, 1.54) is 12.1 Å². The van der Waals surface area contributed by atoms with Crippen molar-refractivity contribution in [1.29, 1.82) is 0 Å². The Morgan fingerprint density at radius 3 is 3.00 bits per heavy atom. The van der Waals surface area contributed by atoms with Gasteiger partial charge < -0.3 is 10.3 Å². The molecule has 1 heterocycles. The van der Waals surface area contributed by atoms with Gasteiger partial charge in [-0.3, -0.25) is 0 Å². The largest absolute Gasteiger partial charge is 0.369 e. The van der Waals surface area contributed by atoms with E-state index in [-0.39, 0.29) is 11.9 Å². The van der Waals surface area contributed by atoms with Crippen molar-refractivity contribution in [2.45, 2.75) is 19.9 Å². The fraction of sp³-hybridized carbons (Fsp3) is 0.417. The molecule has 1 aromatic heterocycles. The van der Waals surface area contributed by atoms with Crippen molar-refractivity contribution in [2.24, 2.45) is 0 Å². The number of anilines is 1. The predicted octanol–water partition coefficient (Wildman–Crippen LogP) is 3.07. The number of thioether (sulfide) groups is 1. The first-order valence-corrected chi connectivity index (χ1v) is 6.79. The highest BCUT2D eigenvalue weighted by Gasteiger charge is 2.14. The summed E-state index contributed by atoms with van der Waals surface area (Å²) in [7, 11) is 0. The van der Waals surface area contributed by atoms with E-state index >= 15 is 0 Å². The quantitative estimate of drug-likeness (QED) is 0.910. The van der Waals surface area contributed by atoms with Crippen molar-refractivity contribution < 1.29 is 4.39 Å². The van der Waals surface area contributed by atoms with Gasteiger partial charge in [0.05, 0.1) is 11.0 Å². The summed E-state index contributed by atoms with van der Waals surface area (Å²) in [4.78, 5) is 4.19. The number of benzene rings is 1. The van der Waals surface area contributed by atoms with Crippen molar-refractivity contribution in [2.75, 3.05) is 17.2 Å². The van der Waals surface area contributed by atoms with Gasteiger partial charge in [-0.2, -0.15) is 11.8 Å². The summed E-state index contributed by atoms with van der Waals surface area (Å²) in [5.74, 6) is 2.22. The molecule has 1 unspecified atom stereocenters. The van der Waals surface area contributed by atoms with Crippen LogP contribution in [0.3, 0.4) is 0 Å². The van der Waals surface area contributed by atoms with Crippen LogP contribution in [0, 0.1) is 5.82 Å². The molecule has 0 fully saturated rings. The zero-order valence-electron chi connectivity index (χ0n) is 9.98. The fourth-order valence-corrected chi connectivity index (χ4v) is 2.64. The number of rotatable bonds is 4. The van der Waals surface area contributed by atoms with Crippen LogP contribution in [0.1, 0.15) is 19.9 Å². The standard InChI is InChI=1S/C12H16FN3S/c1-3-17-7-8(2)16-11-5-4-9(13)6-10(11)15-12(16)14/h4-6,8H,3,7H2,1-2H3,(H2,14,15). The Hall–Kier alpha value is -1.23. The molecule has 17 heavy (non-hydrogen) atoms. The van der Waals surface area contributed by atoms with Crippen LogP contribution in [0.4, 0.5) is 10.3 Å². The third-order valence-corrected chi connectivity index (χ3v) is 3.81. The Balaban J connectivity index is 2.42. The summed E-state index contributed by atoms with van der Waals surface area (Å²) in [5, 5.41) is 0. The van der Waals surface area contributed by atoms with Crippen LogP contribution < -0.4 is 5.73 Å². The highest BCUT2D eigenvalue weighted by Crippen LogP contribution is 2.25. The number of fused-ring (bicyclic) bond motifs is 1. The second-order valence-electron chi connectivity index (χ2n) is 3.98. The molecule has 0 saturated heterocycles. The van der Waals surface area contributed by atoms with E-state index < -0.39 is 0 Å². The lowest BCUT2D eigenvalue weighted by Crippen LogP contribution is -2.11. The SMILES string of the molecule is CCSCC(C)n1c(N)nc2cc(F)ccc21. The maximum Gasteiger partial charge on any atom is 0.201 e. The second-order valence-corrected chi connectivity index (χ2v) is 5.30. The predicted molar refractivity (Wildman–Crippen MR) is 71.8 cm³/mol. The van der Waals surface area contributed by atoms with E-state index in [9.17, 15) is 4.39 Å². The van der Waals surface area contributed by atoms with Crippen LogP contribution in [0.2, 0.25) is 0 Å². The summed E-state index contributed by atoms with van der Waals surface area (Å²) in [6, 6.07) is 4.86. The maximum atomic E-state index is 13.1. The molecule has 0 aliphatic heterocycles. The molecule has 0 amide bonds. The number of nitrogens with zero attached hydrogens (tertiary/aromatic N) is 2. The monoisotopic (exact) mass is 253 g/mol. The molecule has 5 heteroatoms. The van der Waals surface area contributed by atoms with E-state index in [0.717, 1.165) is 17.0 Å². The summed E-state index contributed by atoms with van der Waals surface area (Å²) >= 11 is 1.86. The van der Waals surface area contributed by atoms with Gasteiger partial charge in [0.2, 0.25) is 5.95 Å². The van der Waals surface area contributed by atoms with Crippen LogP contribution in [0.5, 0.6) is 0 Å². The van der Waals surface area contributed by atoms with Crippen molar-refractivity contribution >= 4 is 28.7 Å². The first-order chi connectivity index (χ1) is 8.13. The minimum atomic E-state index is -0.280. The molecule has 2 N–H and O–H groups in total. The van der Waals surface area contributed by atoms with E-state index in [1.807, 2.05) is 16.3 Å². The number of halogens is 1. The zero-order valence-corrected chi connectivity index (χ0v) is 10.8.